The van der Waals surface area contributed by atoms with Crippen LogP contribution < -0.4 is 5.32 Å². The summed E-state index contributed by atoms with van der Waals surface area (Å²) in [4.78, 5) is 20.9. The van der Waals surface area contributed by atoms with Crippen molar-refractivity contribution < 1.29 is 9.90 Å². The summed E-state index contributed by atoms with van der Waals surface area (Å²) in [5, 5.41) is 11.8. The van der Waals surface area contributed by atoms with E-state index in [4.69, 9.17) is 5.11 Å². The number of aryl methyl sites for hydroxylation is 1. The largest absolute Gasteiger partial charge is 0.396 e. The summed E-state index contributed by atoms with van der Waals surface area (Å²) in [6.07, 6.45) is 7.62. The second-order valence-corrected chi connectivity index (χ2v) is 6.54. The van der Waals surface area contributed by atoms with Gasteiger partial charge in [-0.2, -0.15) is 0 Å². The molecule has 2 rings (SSSR count). The van der Waals surface area contributed by atoms with Crippen molar-refractivity contribution in [3.63, 3.8) is 0 Å². The van der Waals surface area contributed by atoms with Gasteiger partial charge in [0.05, 0.1) is 11.9 Å². The highest BCUT2D eigenvalue weighted by Gasteiger charge is 2.16. The van der Waals surface area contributed by atoms with Crippen molar-refractivity contribution in [2.24, 2.45) is 5.92 Å². The summed E-state index contributed by atoms with van der Waals surface area (Å²) < 4.78 is 2.52. The maximum atomic E-state index is 12.4. The molecular formula is C16H23BrN4O2. The van der Waals surface area contributed by atoms with E-state index in [0.717, 1.165) is 31.4 Å². The van der Waals surface area contributed by atoms with Crippen LogP contribution in [0.15, 0.2) is 17.0 Å². The molecule has 6 nitrogen and oxygen atoms in total. The number of hydrogen-bond donors (Lipinski definition) is 2. The van der Waals surface area contributed by atoms with Crippen molar-refractivity contribution >= 4 is 33.3 Å². The smallest absolute Gasteiger partial charge is 0.225 e. The second-order valence-electron chi connectivity index (χ2n) is 5.73. The normalized spacial score (nSPS) is 12.5. The first-order valence-electron chi connectivity index (χ1n) is 7.96. The number of aromatic nitrogens is 3. The van der Waals surface area contributed by atoms with E-state index in [1.54, 1.807) is 12.4 Å². The molecular weight excluding hydrogens is 360 g/mol. The summed E-state index contributed by atoms with van der Waals surface area (Å²) in [7, 11) is 0. The van der Waals surface area contributed by atoms with Crippen LogP contribution in [0.4, 0.5) is 5.82 Å². The van der Waals surface area contributed by atoms with Crippen LogP contribution in [0, 0.1) is 12.8 Å². The highest BCUT2D eigenvalue weighted by atomic mass is 79.9. The zero-order valence-electron chi connectivity index (χ0n) is 13.5. The Hall–Kier alpha value is -1.47. The quantitative estimate of drug-likeness (QED) is 0.686. The summed E-state index contributed by atoms with van der Waals surface area (Å²) >= 11 is 3.34. The van der Waals surface area contributed by atoms with Gasteiger partial charge in [-0.1, -0.05) is 19.8 Å². The van der Waals surface area contributed by atoms with E-state index in [-0.39, 0.29) is 12.5 Å². The maximum absolute atomic E-state index is 12.4. The fraction of sp³-hybridized carbons (Fsp3) is 0.562. The Labute approximate surface area is 144 Å². The molecule has 0 fully saturated rings. The van der Waals surface area contributed by atoms with Gasteiger partial charge in [0, 0.05) is 19.2 Å². The fourth-order valence-corrected chi connectivity index (χ4v) is 2.95. The fourth-order valence-electron chi connectivity index (χ4n) is 2.64. The predicted octanol–water partition coefficient (Wildman–Crippen LogP) is 3.32. The predicted molar refractivity (Wildman–Crippen MR) is 93.4 cm³/mol. The number of amides is 1. The minimum Gasteiger partial charge on any atom is -0.396 e. The summed E-state index contributed by atoms with van der Waals surface area (Å²) in [6, 6.07) is 0. The Morgan fingerprint density at radius 1 is 1.48 bits per heavy atom. The van der Waals surface area contributed by atoms with Crippen LogP contribution in [-0.4, -0.2) is 32.0 Å². The lowest BCUT2D eigenvalue weighted by molar-refractivity contribution is -0.117. The number of unbranched alkanes of at least 4 members (excludes halogenated alkanes) is 1. The van der Waals surface area contributed by atoms with Crippen LogP contribution in [-0.2, 0) is 4.79 Å². The number of rotatable bonds is 8. The SMILES string of the molecule is CCC(CCCCO)CC(=O)Nc1c(C)nc2cnc(Br)cn12. The van der Waals surface area contributed by atoms with Crippen molar-refractivity contribution in [3.05, 3.63) is 22.7 Å². The Bertz CT molecular complexity index is 671. The number of carbonyl (C=O) groups is 1. The minimum absolute atomic E-state index is 0.00122. The third kappa shape index (κ3) is 4.75. The van der Waals surface area contributed by atoms with E-state index >= 15 is 0 Å². The molecule has 2 aromatic rings. The molecule has 2 N–H and O–H groups in total. The molecule has 0 saturated carbocycles. The van der Waals surface area contributed by atoms with E-state index in [0.29, 0.717) is 28.4 Å². The number of aliphatic hydroxyl groups is 1. The number of halogens is 1. The van der Waals surface area contributed by atoms with Gasteiger partial charge in [0.25, 0.3) is 0 Å². The van der Waals surface area contributed by atoms with Gasteiger partial charge in [0.1, 0.15) is 10.4 Å². The molecule has 0 aromatic carbocycles. The van der Waals surface area contributed by atoms with E-state index in [1.165, 1.54) is 0 Å². The Morgan fingerprint density at radius 2 is 2.26 bits per heavy atom. The molecule has 23 heavy (non-hydrogen) atoms. The lowest BCUT2D eigenvalue weighted by atomic mass is 9.95. The molecule has 126 valence electrons. The summed E-state index contributed by atoms with van der Waals surface area (Å²) in [5.74, 6) is 1.03. The topological polar surface area (TPSA) is 79.5 Å². The van der Waals surface area contributed by atoms with E-state index in [9.17, 15) is 4.79 Å². The van der Waals surface area contributed by atoms with E-state index in [2.05, 4.69) is 38.1 Å². The molecule has 0 spiro atoms. The molecule has 1 amide bonds. The molecule has 1 atom stereocenters. The van der Waals surface area contributed by atoms with Crippen LogP contribution in [0.25, 0.3) is 5.65 Å². The molecule has 0 aliphatic heterocycles. The lowest BCUT2D eigenvalue weighted by Gasteiger charge is -2.14. The summed E-state index contributed by atoms with van der Waals surface area (Å²) in [5.41, 5.74) is 1.47. The number of anilines is 1. The Balaban J connectivity index is 2.05. The first kappa shape index (κ1) is 17.9. The minimum atomic E-state index is -0.00122. The highest BCUT2D eigenvalue weighted by Crippen LogP contribution is 2.21. The number of nitrogens with zero attached hydrogens (tertiary/aromatic N) is 3. The molecule has 7 heteroatoms. The average molecular weight is 383 g/mol. The van der Waals surface area contributed by atoms with Crippen molar-refractivity contribution in [3.8, 4) is 0 Å². The molecule has 2 aromatic heterocycles. The van der Waals surface area contributed by atoms with Gasteiger partial charge >= 0.3 is 0 Å². The molecule has 0 radical (unpaired) electrons. The number of imidazole rings is 1. The molecule has 0 aliphatic rings. The van der Waals surface area contributed by atoms with E-state index < -0.39 is 0 Å². The molecule has 0 saturated heterocycles. The number of carbonyl (C=O) groups excluding carboxylic acids is 1. The van der Waals surface area contributed by atoms with Crippen molar-refractivity contribution in [1.82, 2.24) is 14.4 Å². The monoisotopic (exact) mass is 382 g/mol. The maximum Gasteiger partial charge on any atom is 0.225 e. The molecule has 2 heterocycles. The Morgan fingerprint density at radius 3 is 2.96 bits per heavy atom. The van der Waals surface area contributed by atoms with Crippen LogP contribution in [0.5, 0.6) is 0 Å². The first-order valence-corrected chi connectivity index (χ1v) is 8.75. The van der Waals surface area contributed by atoms with Crippen LogP contribution >= 0.6 is 15.9 Å². The second kappa shape index (κ2) is 8.40. The zero-order valence-corrected chi connectivity index (χ0v) is 15.1. The summed E-state index contributed by atoms with van der Waals surface area (Å²) in [6.45, 7) is 4.18. The van der Waals surface area contributed by atoms with Gasteiger partial charge in [0.2, 0.25) is 5.91 Å². The Kier molecular flexibility index (Phi) is 6.53. The van der Waals surface area contributed by atoms with Gasteiger partial charge in [-0.25, -0.2) is 9.97 Å². The lowest BCUT2D eigenvalue weighted by Crippen LogP contribution is -2.18. The number of nitrogens with one attached hydrogen (secondary N) is 1. The van der Waals surface area contributed by atoms with Crippen molar-refractivity contribution in [2.45, 2.75) is 46.0 Å². The van der Waals surface area contributed by atoms with Gasteiger partial charge < -0.3 is 10.4 Å². The van der Waals surface area contributed by atoms with Crippen LogP contribution in [0.1, 0.15) is 44.7 Å². The third-order valence-electron chi connectivity index (χ3n) is 3.98. The number of fused-ring (bicyclic) bond motifs is 1. The van der Waals surface area contributed by atoms with Crippen LogP contribution in [0.2, 0.25) is 0 Å². The van der Waals surface area contributed by atoms with E-state index in [1.807, 2.05) is 11.3 Å². The van der Waals surface area contributed by atoms with Gasteiger partial charge in [-0.15, -0.1) is 0 Å². The zero-order chi connectivity index (χ0) is 16.8. The van der Waals surface area contributed by atoms with Gasteiger partial charge in [-0.05, 0) is 41.6 Å². The standard InChI is InChI=1S/C16H23BrN4O2/c1-3-12(6-4-5-7-22)8-15(23)20-16-11(2)19-14-9-18-13(17)10-21(14)16/h9-10,12,22H,3-8H2,1-2H3,(H,20,23). The van der Waals surface area contributed by atoms with Crippen LogP contribution in [0.3, 0.4) is 0 Å². The number of aliphatic hydroxyl groups excluding tert-OH is 1. The third-order valence-corrected chi connectivity index (χ3v) is 4.39. The molecule has 0 aliphatic carbocycles. The molecule has 0 bridgehead atoms. The number of hydrogen-bond acceptors (Lipinski definition) is 4. The van der Waals surface area contributed by atoms with Crippen molar-refractivity contribution in [1.29, 1.82) is 0 Å². The highest BCUT2D eigenvalue weighted by molar-refractivity contribution is 9.10. The van der Waals surface area contributed by atoms with Gasteiger partial charge in [0.15, 0.2) is 5.65 Å². The van der Waals surface area contributed by atoms with Gasteiger partial charge in [-0.3, -0.25) is 9.20 Å². The first-order chi connectivity index (χ1) is 11.0. The van der Waals surface area contributed by atoms with Crippen molar-refractivity contribution in [2.75, 3.05) is 11.9 Å². The molecule has 1 unspecified atom stereocenters. The average Bonchev–Trinajstić information content (AvgIpc) is 2.82.